The Hall–Kier alpha value is -6.00. The Morgan fingerprint density at radius 2 is 0.746 bits per heavy atom. The summed E-state index contributed by atoms with van der Waals surface area (Å²) in [5.74, 6) is 2.05. The van der Waals surface area contributed by atoms with Crippen LogP contribution in [0.3, 0.4) is 0 Å². The highest BCUT2D eigenvalue weighted by Gasteiger charge is 2.23. The third-order valence-corrected chi connectivity index (χ3v) is 13.9. The van der Waals surface area contributed by atoms with Gasteiger partial charge in [0.1, 0.15) is 89.6 Å². The highest BCUT2D eigenvalue weighted by molar-refractivity contribution is 6.70. The van der Waals surface area contributed by atoms with E-state index >= 15 is 0 Å². The molecule has 0 saturated heterocycles. The van der Waals surface area contributed by atoms with Crippen LogP contribution in [0.25, 0.3) is 99.5 Å². The largest absolute Gasteiger partial charge is 0.456 e. The van der Waals surface area contributed by atoms with Gasteiger partial charge in [0.05, 0.1) is 0 Å². The Morgan fingerprint density at radius 1 is 0.322 bits per heavy atom. The quantitative estimate of drug-likeness (QED) is 0.134. The van der Waals surface area contributed by atoms with Crippen LogP contribution in [-0.4, -0.2) is 93.4 Å². The molecule has 0 atom stereocenters. The average molecular weight is 744 g/mol. The molecular weight excluding hydrogens is 707 g/mol. The lowest BCUT2D eigenvalue weighted by Crippen LogP contribution is -2.55. The monoisotopic (exact) mass is 745 g/mol. The van der Waals surface area contributed by atoms with Crippen LogP contribution >= 0.6 is 0 Å². The zero-order chi connectivity index (χ0) is 41.0. The van der Waals surface area contributed by atoms with Gasteiger partial charge >= 0.3 is 0 Å². The first kappa shape index (κ1) is 37.3. The van der Waals surface area contributed by atoms with Crippen LogP contribution in [0, 0.1) is 0 Å². The van der Waals surface area contributed by atoms with E-state index < -0.39 is 0 Å². The molecule has 2 heterocycles. The molecule has 0 radical (unpaired) electrons. The number of benzene rings is 8. The van der Waals surface area contributed by atoms with Crippen LogP contribution in [0.2, 0.25) is 0 Å². The maximum atomic E-state index is 6.59. The maximum absolute atomic E-state index is 6.59. The van der Waals surface area contributed by atoms with E-state index in [-0.39, 0.29) is 0 Å². The maximum Gasteiger partial charge on any atom is 0.164 e. The normalized spacial score (nSPS) is 11.7. The molecule has 2 aromatic heterocycles. The molecule has 0 aliphatic carbocycles. The van der Waals surface area contributed by atoms with E-state index in [1.807, 2.05) is 0 Å². The molecule has 0 saturated carbocycles. The fourth-order valence-corrected chi connectivity index (χ4v) is 9.68. The van der Waals surface area contributed by atoms with Gasteiger partial charge in [-0.1, -0.05) is 94.6 Å². The summed E-state index contributed by atoms with van der Waals surface area (Å²) in [6.07, 6.45) is 0. The minimum Gasteiger partial charge on any atom is -0.456 e. The van der Waals surface area contributed by atoms with Gasteiger partial charge < -0.3 is 4.42 Å². The molecule has 14 heteroatoms. The summed E-state index contributed by atoms with van der Waals surface area (Å²) in [6.45, 7) is 0. The van der Waals surface area contributed by atoms with E-state index in [2.05, 4.69) is 182 Å². The van der Waals surface area contributed by atoms with Crippen molar-refractivity contribution in [2.24, 2.45) is 0 Å². The molecule has 0 amide bonds. The van der Waals surface area contributed by atoms with E-state index in [0.717, 1.165) is 49.8 Å². The van der Waals surface area contributed by atoms with Crippen molar-refractivity contribution in [1.82, 2.24) is 15.0 Å². The molecule has 10 aromatic rings. The number of aromatic nitrogens is 3. The highest BCUT2D eigenvalue weighted by Crippen LogP contribution is 2.41. The number of hydrogen-bond donors (Lipinski definition) is 0. The third-order valence-electron chi connectivity index (χ3n) is 13.9. The molecule has 0 unspecified atom stereocenters. The molecule has 0 spiro atoms. The molecule has 4 nitrogen and oxygen atoms in total. The van der Waals surface area contributed by atoms with Crippen molar-refractivity contribution >= 4 is 187 Å². The second-order valence-electron chi connectivity index (χ2n) is 16.6. The fraction of sp³-hybridized carbons (Fsp3) is 0. The predicted octanol–water partition coefficient (Wildman–Crippen LogP) is -5.52. The van der Waals surface area contributed by atoms with Gasteiger partial charge in [-0.2, -0.15) is 0 Å². The van der Waals surface area contributed by atoms with E-state index in [1.54, 1.807) is 0 Å². The summed E-state index contributed by atoms with van der Waals surface area (Å²) in [6, 6.07) is 37.2. The van der Waals surface area contributed by atoms with Gasteiger partial charge in [0, 0.05) is 27.5 Å². The minimum absolute atomic E-state index is 0.646. The van der Waals surface area contributed by atoms with Crippen molar-refractivity contribution in [2.75, 3.05) is 0 Å². The minimum atomic E-state index is 0.646. The number of nitrogens with zero attached hydrogens (tertiary/aromatic N) is 3. The SMILES string of the molecule is Bc1c(B)c(B)c(-c2nc(-c3ccc4oc5cccc(-c6ccc7c8ccccc8c8ccccc8c7c6)c5c4c3)nc(-c3c(B)c(B)c(B)c(B)c3B)n2)c(B)c1B. The molecule has 268 valence electrons. The molecule has 0 aliphatic rings. The lowest BCUT2D eigenvalue weighted by molar-refractivity contribution is 0.669. The lowest BCUT2D eigenvalue weighted by atomic mass is 9.60. The topological polar surface area (TPSA) is 51.8 Å². The molecule has 59 heavy (non-hydrogen) atoms. The van der Waals surface area contributed by atoms with Crippen molar-refractivity contribution in [3.05, 3.63) is 103 Å². The number of rotatable bonds is 4. The number of hydrogen-bond acceptors (Lipinski definition) is 4. The van der Waals surface area contributed by atoms with Gasteiger partial charge in [0.15, 0.2) is 17.5 Å². The summed E-state index contributed by atoms with van der Waals surface area (Å²) in [5, 5.41) is 9.67. The zero-order valence-corrected chi connectivity index (χ0v) is 35.6. The van der Waals surface area contributed by atoms with Crippen LogP contribution in [0.4, 0.5) is 0 Å². The molecule has 8 aromatic carbocycles. The summed E-state index contributed by atoms with van der Waals surface area (Å²) in [4.78, 5) is 16.0. The van der Waals surface area contributed by atoms with Crippen LogP contribution in [-0.2, 0) is 0 Å². The van der Waals surface area contributed by atoms with Gasteiger partial charge in [0.25, 0.3) is 0 Å². The molecule has 10 rings (SSSR count). The average Bonchev–Trinajstić information content (AvgIpc) is 3.64. The Kier molecular flexibility index (Phi) is 8.72. The van der Waals surface area contributed by atoms with Gasteiger partial charge in [-0.25, -0.2) is 15.0 Å². The fourth-order valence-electron chi connectivity index (χ4n) is 9.68. The van der Waals surface area contributed by atoms with Crippen molar-refractivity contribution in [3.8, 4) is 45.3 Å². The van der Waals surface area contributed by atoms with Gasteiger partial charge in [-0.15, -0.1) is 32.8 Å². The highest BCUT2D eigenvalue weighted by atomic mass is 16.3. The van der Waals surface area contributed by atoms with Crippen molar-refractivity contribution in [1.29, 1.82) is 0 Å². The van der Waals surface area contributed by atoms with Crippen molar-refractivity contribution < 1.29 is 4.42 Å². The molecular formula is C45H37B10N3O. The Labute approximate surface area is 353 Å². The standard InChI is InChI=1S/C45H37B10N3O/c46-33-31(34(47)38(51)41(54)37(33)50)44-56-43(57-45(58-44)32-35(48)39(52)42(55)40(53)36(32)49)19-13-15-28-27(17-19)30-20(10-5-11-29(30)59-28)18-12-14-25-23-8-2-1-6-21(23)22-7-3-4-9-24(22)26(25)16-18/h1-17H,46-55H2. The smallest absolute Gasteiger partial charge is 0.164 e. The molecule has 0 N–H and O–H groups in total. The first-order valence-corrected chi connectivity index (χ1v) is 20.6. The van der Waals surface area contributed by atoms with E-state index in [0.29, 0.717) is 17.5 Å². The van der Waals surface area contributed by atoms with Crippen molar-refractivity contribution in [2.45, 2.75) is 0 Å². The van der Waals surface area contributed by atoms with Crippen molar-refractivity contribution in [3.63, 3.8) is 0 Å². The Bertz CT molecular complexity index is 3300. The summed E-state index contributed by atoms with van der Waals surface area (Å²) < 4.78 is 6.59. The van der Waals surface area contributed by atoms with E-state index in [9.17, 15) is 0 Å². The first-order valence-electron chi connectivity index (χ1n) is 20.6. The van der Waals surface area contributed by atoms with Crippen LogP contribution in [0.15, 0.2) is 108 Å². The van der Waals surface area contributed by atoms with Gasteiger partial charge in [0.2, 0.25) is 0 Å². The van der Waals surface area contributed by atoms with Crippen LogP contribution in [0.1, 0.15) is 0 Å². The summed E-state index contributed by atoms with van der Waals surface area (Å²) in [7, 11) is 22.1. The molecule has 0 bridgehead atoms. The second kappa shape index (κ2) is 13.8. The van der Waals surface area contributed by atoms with Gasteiger partial charge in [-0.05, 0) is 73.8 Å². The van der Waals surface area contributed by atoms with Crippen LogP contribution < -0.4 is 54.6 Å². The number of furan rings is 1. The Morgan fingerprint density at radius 3 is 1.27 bits per heavy atom. The molecule has 0 aliphatic heterocycles. The summed E-state index contributed by atoms with van der Waals surface area (Å²) in [5.41, 5.74) is 19.6. The molecule has 0 fully saturated rings. The zero-order valence-electron chi connectivity index (χ0n) is 35.6. The van der Waals surface area contributed by atoms with Crippen LogP contribution in [0.5, 0.6) is 0 Å². The van der Waals surface area contributed by atoms with E-state index in [4.69, 9.17) is 19.4 Å². The lowest BCUT2D eigenvalue weighted by Gasteiger charge is -2.22. The van der Waals surface area contributed by atoms with Gasteiger partial charge in [-0.3, -0.25) is 0 Å². The second-order valence-corrected chi connectivity index (χ2v) is 16.6. The predicted molar refractivity (Wildman–Crippen MR) is 283 cm³/mol. The van der Waals surface area contributed by atoms with E-state index in [1.165, 1.54) is 86.9 Å². The third kappa shape index (κ3) is 5.63. The first-order chi connectivity index (χ1) is 28.4. The number of fused-ring (bicyclic) bond motifs is 9. The summed E-state index contributed by atoms with van der Waals surface area (Å²) >= 11 is 0. The Balaban J connectivity index is 1.22.